The van der Waals surface area contributed by atoms with Gasteiger partial charge in [-0.3, -0.25) is 9.59 Å². The van der Waals surface area contributed by atoms with Gasteiger partial charge in [-0.05, 0) is 31.2 Å². The molecule has 10 nitrogen and oxygen atoms in total. The molecule has 0 bridgehead atoms. The molecular weight excluding hydrogens is 448 g/mol. The number of hydrogen-bond donors (Lipinski definition) is 2. The second-order valence-electron chi connectivity index (χ2n) is 7.23. The number of aryl methyl sites for hydroxylation is 2. The van der Waals surface area contributed by atoms with Crippen molar-refractivity contribution in [2.45, 2.75) is 13.5 Å². The van der Waals surface area contributed by atoms with Crippen LogP contribution in [0, 0.1) is 6.92 Å². The van der Waals surface area contributed by atoms with E-state index < -0.39 is 12.5 Å². The molecule has 34 heavy (non-hydrogen) atoms. The van der Waals surface area contributed by atoms with Gasteiger partial charge in [-0.15, -0.1) is 0 Å². The number of pyridine rings is 1. The molecule has 0 unspecified atom stereocenters. The molecule has 0 radical (unpaired) electrons. The topological polar surface area (TPSA) is 130 Å². The zero-order valence-electron chi connectivity index (χ0n) is 18.1. The zero-order valence-corrected chi connectivity index (χ0v) is 18.1. The summed E-state index contributed by atoms with van der Waals surface area (Å²) in [7, 11) is 1.57. The summed E-state index contributed by atoms with van der Waals surface area (Å²) >= 11 is 0. The second kappa shape index (κ2) is 9.10. The van der Waals surface area contributed by atoms with E-state index in [-0.39, 0.29) is 40.0 Å². The monoisotopic (exact) mass is 467 g/mol. The third-order valence-corrected chi connectivity index (χ3v) is 4.77. The van der Waals surface area contributed by atoms with Gasteiger partial charge in [0.15, 0.2) is 17.3 Å². The molecule has 0 saturated heterocycles. The van der Waals surface area contributed by atoms with Crippen molar-refractivity contribution in [3.8, 4) is 22.8 Å². The van der Waals surface area contributed by atoms with Crippen LogP contribution in [0.25, 0.3) is 17.1 Å². The molecule has 0 aliphatic carbocycles. The van der Waals surface area contributed by atoms with Gasteiger partial charge in [0.25, 0.3) is 5.91 Å². The average Bonchev–Trinajstić information content (AvgIpc) is 3.22. The lowest BCUT2D eigenvalue weighted by atomic mass is 10.2. The van der Waals surface area contributed by atoms with Crippen molar-refractivity contribution in [1.29, 1.82) is 0 Å². The first-order valence-electron chi connectivity index (χ1n) is 9.95. The Bertz CT molecular complexity index is 1430. The number of rotatable bonds is 6. The van der Waals surface area contributed by atoms with E-state index in [9.17, 15) is 18.4 Å². The van der Waals surface area contributed by atoms with E-state index in [1.165, 1.54) is 45.8 Å². The molecular formula is C22H19F2N7O3. The van der Waals surface area contributed by atoms with Crippen molar-refractivity contribution in [3.05, 3.63) is 76.6 Å². The van der Waals surface area contributed by atoms with Crippen LogP contribution in [0.5, 0.6) is 5.75 Å². The third kappa shape index (κ3) is 4.60. The van der Waals surface area contributed by atoms with E-state index in [2.05, 4.69) is 25.1 Å². The molecule has 1 amide bonds. The number of nitrogens with two attached hydrogens (primary N) is 1. The summed E-state index contributed by atoms with van der Waals surface area (Å²) in [5, 5.41) is 6.81. The van der Waals surface area contributed by atoms with Gasteiger partial charge in [0.05, 0.1) is 11.4 Å². The molecule has 0 atom stereocenters. The summed E-state index contributed by atoms with van der Waals surface area (Å²) < 4.78 is 32.7. The van der Waals surface area contributed by atoms with Crippen molar-refractivity contribution in [2.75, 3.05) is 11.1 Å². The van der Waals surface area contributed by atoms with Crippen LogP contribution in [0.2, 0.25) is 0 Å². The standard InChI is InChI=1S/C22H19F2N7O3/c1-12-9-10-31(29-12)20-17(13-7-8-16(32)30(2)11-13)27-18(19(25)28-20)21(33)26-14-5-3-4-6-15(14)34-22(23)24/h3-11,22H,1-2H3,(H2,25,28)(H,26,33). The summed E-state index contributed by atoms with van der Waals surface area (Å²) in [5.74, 6) is -0.979. The van der Waals surface area contributed by atoms with Crippen LogP contribution in [0.3, 0.4) is 0 Å². The summed E-state index contributed by atoms with van der Waals surface area (Å²) in [6.07, 6.45) is 3.19. The Hall–Kier alpha value is -4.61. The van der Waals surface area contributed by atoms with E-state index in [1.807, 2.05) is 0 Å². The minimum atomic E-state index is -3.07. The van der Waals surface area contributed by atoms with Crippen molar-refractivity contribution in [3.63, 3.8) is 0 Å². The molecule has 0 aliphatic heterocycles. The fourth-order valence-electron chi connectivity index (χ4n) is 3.18. The lowest BCUT2D eigenvalue weighted by molar-refractivity contribution is -0.0493. The van der Waals surface area contributed by atoms with Crippen LogP contribution in [0.4, 0.5) is 20.3 Å². The van der Waals surface area contributed by atoms with Gasteiger partial charge < -0.3 is 20.4 Å². The van der Waals surface area contributed by atoms with Gasteiger partial charge in [0.1, 0.15) is 11.4 Å². The van der Waals surface area contributed by atoms with Crippen LogP contribution in [0.1, 0.15) is 16.2 Å². The van der Waals surface area contributed by atoms with E-state index in [0.29, 0.717) is 11.3 Å². The minimum Gasteiger partial charge on any atom is -0.433 e. The lowest BCUT2D eigenvalue weighted by Gasteiger charge is -2.14. The highest BCUT2D eigenvalue weighted by molar-refractivity contribution is 6.06. The molecule has 0 fully saturated rings. The van der Waals surface area contributed by atoms with Crippen molar-refractivity contribution < 1.29 is 18.3 Å². The predicted octanol–water partition coefficient (Wildman–Crippen LogP) is 2.77. The molecule has 0 spiro atoms. The van der Waals surface area contributed by atoms with Crippen molar-refractivity contribution in [1.82, 2.24) is 24.3 Å². The number of nitrogens with zero attached hydrogens (tertiary/aromatic N) is 5. The van der Waals surface area contributed by atoms with Gasteiger partial charge in [0, 0.05) is 31.1 Å². The van der Waals surface area contributed by atoms with E-state index in [1.54, 1.807) is 32.3 Å². The molecule has 0 aliphatic rings. The van der Waals surface area contributed by atoms with Crippen LogP contribution in [-0.2, 0) is 7.05 Å². The van der Waals surface area contributed by atoms with E-state index in [0.717, 1.165) is 0 Å². The molecule has 174 valence electrons. The zero-order chi connectivity index (χ0) is 24.4. The molecule has 4 rings (SSSR count). The van der Waals surface area contributed by atoms with E-state index >= 15 is 0 Å². The molecule has 3 aromatic heterocycles. The predicted molar refractivity (Wildman–Crippen MR) is 120 cm³/mol. The largest absolute Gasteiger partial charge is 0.433 e. The first-order valence-corrected chi connectivity index (χ1v) is 9.95. The molecule has 3 N–H and O–H groups in total. The minimum absolute atomic E-state index is 0.00411. The first kappa shape index (κ1) is 22.6. The summed E-state index contributed by atoms with van der Waals surface area (Å²) in [6, 6.07) is 10.4. The number of nitrogen functional groups attached to an aromatic ring is 1. The van der Waals surface area contributed by atoms with Crippen LogP contribution < -0.4 is 21.3 Å². The quantitative estimate of drug-likeness (QED) is 0.446. The first-order chi connectivity index (χ1) is 16.2. The lowest BCUT2D eigenvalue weighted by Crippen LogP contribution is -2.20. The molecule has 1 aromatic carbocycles. The van der Waals surface area contributed by atoms with Gasteiger partial charge in [0.2, 0.25) is 5.56 Å². The van der Waals surface area contributed by atoms with Gasteiger partial charge in [-0.25, -0.2) is 14.6 Å². The van der Waals surface area contributed by atoms with Gasteiger partial charge in [-0.1, -0.05) is 12.1 Å². The van der Waals surface area contributed by atoms with Crippen LogP contribution in [-0.4, -0.2) is 36.8 Å². The summed E-state index contributed by atoms with van der Waals surface area (Å²) in [4.78, 5) is 33.6. The number of ether oxygens (including phenoxy) is 1. The number of anilines is 2. The SMILES string of the molecule is Cc1ccn(-c2nc(N)c(C(=O)Nc3ccccc3OC(F)F)nc2-c2ccc(=O)n(C)c2)n1. The number of benzene rings is 1. The molecule has 4 aromatic rings. The number of halogens is 2. The Morgan fingerprint density at radius 3 is 2.59 bits per heavy atom. The van der Waals surface area contributed by atoms with Crippen LogP contribution >= 0.6 is 0 Å². The summed E-state index contributed by atoms with van der Waals surface area (Å²) in [5.41, 5.74) is 7.00. The number of carbonyl (C=O) groups excluding carboxylic acids is 1. The fraction of sp³-hybridized carbons (Fsp3) is 0.136. The number of alkyl halides is 2. The smallest absolute Gasteiger partial charge is 0.387 e. The Kier molecular flexibility index (Phi) is 6.04. The Labute approximate surface area is 191 Å². The Morgan fingerprint density at radius 2 is 1.91 bits per heavy atom. The maximum atomic E-state index is 13.0. The van der Waals surface area contributed by atoms with Crippen molar-refractivity contribution in [2.24, 2.45) is 7.05 Å². The van der Waals surface area contributed by atoms with Gasteiger partial charge in [-0.2, -0.15) is 13.9 Å². The number of aromatic nitrogens is 5. The maximum absolute atomic E-state index is 13.0. The highest BCUT2D eigenvalue weighted by Gasteiger charge is 2.22. The number of hydrogen-bond acceptors (Lipinski definition) is 7. The Balaban J connectivity index is 1.81. The maximum Gasteiger partial charge on any atom is 0.387 e. The van der Waals surface area contributed by atoms with Gasteiger partial charge >= 0.3 is 6.61 Å². The fourth-order valence-corrected chi connectivity index (χ4v) is 3.18. The molecule has 0 saturated carbocycles. The summed E-state index contributed by atoms with van der Waals surface area (Å²) in [6.45, 7) is -1.28. The molecule has 3 heterocycles. The normalized spacial score (nSPS) is 11.0. The second-order valence-corrected chi connectivity index (χ2v) is 7.23. The van der Waals surface area contributed by atoms with E-state index in [4.69, 9.17) is 5.73 Å². The number of carbonyl (C=O) groups is 1. The average molecular weight is 467 g/mol. The third-order valence-electron chi connectivity index (χ3n) is 4.77. The molecule has 12 heteroatoms. The highest BCUT2D eigenvalue weighted by Crippen LogP contribution is 2.28. The number of nitrogens with one attached hydrogen (secondary N) is 1. The number of amides is 1. The van der Waals surface area contributed by atoms with Crippen molar-refractivity contribution >= 4 is 17.4 Å². The highest BCUT2D eigenvalue weighted by atomic mass is 19.3. The number of para-hydroxylation sites is 2. The Morgan fingerprint density at radius 1 is 1.15 bits per heavy atom. The van der Waals surface area contributed by atoms with Crippen LogP contribution in [0.15, 0.2) is 59.7 Å².